The minimum atomic E-state index is -4.43. The summed E-state index contributed by atoms with van der Waals surface area (Å²) >= 11 is 0. The van der Waals surface area contributed by atoms with Crippen molar-refractivity contribution in [2.24, 2.45) is 11.8 Å². The quantitative estimate of drug-likeness (QED) is 0.901. The molecule has 2 atom stereocenters. The van der Waals surface area contributed by atoms with Crippen LogP contribution >= 0.6 is 0 Å². The van der Waals surface area contributed by atoms with Crippen LogP contribution in [-0.2, 0) is 6.18 Å². The molecule has 6 heteroatoms. The van der Waals surface area contributed by atoms with Crippen molar-refractivity contribution in [2.75, 3.05) is 19.6 Å². The van der Waals surface area contributed by atoms with Crippen LogP contribution in [0.1, 0.15) is 29.3 Å². The Bertz CT molecular complexity index is 502. The van der Waals surface area contributed by atoms with E-state index in [-0.39, 0.29) is 5.56 Å². The van der Waals surface area contributed by atoms with Crippen LogP contribution in [0.15, 0.2) is 24.3 Å². The van der Waals surface area contributed by atoms with E-state index in [0.717, 1.165) is 31.6 Å². The van der Waals surface area contributed by atoms with Gasteiger partial charge < -0.3 is 10.6 Å². The first kappa shape index (κ1) is 15.8. The number of benzene rings is 1. The minimum absolute atomic E-state index is 0.0476. The first-order chi connectivity index (χ1) is 9.88. The topological polar surface area (TPSA) is 41.1 Å². The Labute approximate surface area is 121 Å². The molecule has 1 heterocycles. The predicted octanol–water partition coefficient (Wildman–Crippen LogP) is 2.68. The van der Waals surface area contributed by atoms with Gasteiger partial charge in [-0.25, -0.2) is 0 Å². The van der Waals surface area contributed by atoms with E-state index in [2.05, 4.69) is 17.6 Å². The van der Waals surface area contributed by atoms with Crippen LogP contribution in [0.2, 0.25) is 0 Å². The maximum Gasteiger partial charge on any atom is 0.416 e. The molecular formula is C15H19F3N2O. The summed E-state index contributed by atoms with van der Waals surface area (Å²) in [6.45, 7) is 4.42. The summed E-state index contributed by atoms with van der Waals surface area (Å²) in [6.07, 6.45) is -3.47. The van der Waals surface area contributed by atoms with Gasteiger partial charge in [0.25, 0.3) is 5.91 Å². The molecule has 1 aromatic carbocycles. The van der Waals surface area contributed by atoms with E-state index in [1.807, 2.05) is 0 Å². The SMILES string of the molecule is CC1CNCCC1CNC(=O)c1cccc(C(F)(F)F)c1. The number of piperidine rings is 1. The van der Waals surface area contributed by atoms with Gasteiger partial charge in [-0.15, -0.1) is 0 Å². The van der Waals surface area contributed by atoms with Crippen molar-refractivity contribution >= 4 is 5.91 Å². The number of hydrogen-bond acceptors (Lipinski definition) is 2. The molecule has 2 rings (SSSR count). The van der Waals surface area contributed by atoms with Gasteiger partial charge in [0.1, 0.15) is 0 Å². The fourth-order valence-electron chi connectivity index (χ4n) is 2.53. The lowest BCUT2D eigenvalue weighted by atomic mass is 9.88. The largest absolute Gasteiger partial charge is 0.416 e. The molecule has 3 nitrogen and oxygen atoms in total. The lowest BCUT2D eigenvalue weighted by Crippen LogP contribution is -2.41. The number of alkyl halides is 3. The van der Waals surface area contributed by atoms with E-state index in [0.29, 0.717) is 18.4 Å². The Kier molecular flexibility index (Phi) is 4.88. The molecule has 0 spiro atoms. The number of nitrogens with one attached hydrogen (secondary N) is 2. The zero-order valence-electron chi connectivity index (χ0n) is 11.8. The molecule has 0 bridgehead atoms. The third-order valence-electron chi connectivity index (χ3n) is 3.94. The van der Waals surface area contributed by atoms with Crippen LogP contribution in [-0.4, -0.2) is 25.5 Å². The summed E-state index contributed by atoms with van der Waals surface area (Å²) in [6, 6.07) is 4.51. The molecule has 0 radical (unpaired) electrons. The molecule has 2 unspecified atom stereocenters. The fraction of sp³-hybridized carbons (Fsp3) is 0.533. The van der Waals surface area contributed by atoms with Crippen molar-refractivity contribution in [2.45, 2.75) is 19.5 Å². The van der Waals surface area contributed by atoms with E-state index in [4.69, 9.17) is 0 Å². The van der Waals surface area contributed by atoms with Crippen LogP contribution in [0.3, 0.4) is 0 Å². The Morgan fingerprint density at radius 3 is 2.86 bits per heavy atom. The monoisotopic (exact) mass is 300 g/mol. The molecule has 1 amide bonds. The number of rotatable bonds is 3. The summed E-state index contributed by atoms with van der Waals surface area (Å²) in [5.41, 5.74) is -0.753. The number of carbonyl (C=O) groups excluding carboxylic acids is 1. The number of halogens is 3. The molecule has 1 fully saturated rings. The van der Waals surface area contributed by atoms with Crippen molar-refractivity contribution in [3.63, 3.8) is 0 Å². The van der Waals surface area contributed by atoms with Gasteiger partial charge in [-0.05, 0) is 49.5 Å². The van der Waals surface area contributed by atoms with E-state index < -0.39 is 17.6 Å². The van der Waals surface area contributed by atoms with Gasteiger partial charge in [0.05, 0.1) is 5.56 Å². The molecule has 21 heavy (non-hydrogen) atoms. The molecule has 1 aliphatic heterocycles. The minimum Gasteiger partial charge on any atom is -0.352 e. The van der Waals surface area contributed by atoms with Crippen molar-refractivity contribution in [1.82, 2.24) is 10.6 Å². The third-order valence-corrected chi connectivity index (χ3v) is 3.94. The number of hydrogen-bond donors (Lipinski definition) is 2. The van der Waals surface area contributed by atoms with E-state index >= 15 is 0 Å². The molecule has 0 aliphatic carbocycles. The van der Waals surface area contributed by atoms with Gasteiger partial charge in [0.2, 0.25) is 0 Å². The van der Waals surface area contributed by atoms with Crippen LogP contribution in [0.5, 0.6) is 0 Å². The highest BCUT2D eigenvalue weighted by atomic mass is 19.4. The smallest absolute Gasteiger partial charge is 0.352 e. The molecule has 116 valence electrons. The lowest BCUT2D eigenvalue weighted by Gasteiger charge is -2.29. The highest BCUT2D eigenvalue weighted by Crippen LogP contribution is 2.29. The fourth-order valence-corrected chi connectivity index (χ4v) is 2.53. The summed E-state index contributed by atoms with van der Waals surface area (Å²) < 4.78 is 37.9. The maximum absolute atomic E-state index is 12.6. The van der Waals surface area contributed by atoms with Crippen LogP contribution in [0.25, 0.3) is 0 Å². The predicted molar refractivity (Wildman–Crippen MR) is 73.9 cm³/mol. The highest BCUT2D eigenvalue weighted by Gasteiger charge is 2.31. The average molecular weight is 300 g/mol. The zero-order valence-corrected chi connectivity index (χ0v) is 11.8. The number of carbonyl (C=O) groups is 1. The van der Waals surface area contributed by atoms with Crippen molar-refractivity contribution in [1.29, 1.82) is 0 Å². The summed E-state index contributed by atoms with van der Waals surface area (Å²) in [5, 5.41) is 6.01. The van der Waals surface area contributed by atoms with Crippen LogP contribution in [0, 0.1) is 11.8 Å². The molecular weight excluding hydrogens is 281 g/mol. The summed E-state index contributed by atoms with van der Waals surface area (Å²) in [4.78, 5) is 12.0. The van der Waals surface area contributed by atoms with E-state index in [9.17, 15) is 18.0 Å². The third kappa shape index (κ3) is 4.20. The average Bonchev–Trinajstić information content (AvgIpc) is 2.45. The Morgan fingerprint density at radius 1 is 1.43 bits per heavy atom. The standard InChI is InChI=1S/C15H19F3N2O/c1-10-8-19-6-5-12(10)9-20-14(21)11-3-2-4-13(7-11)15(16,17)18/h2-4,7,10,12,19H,5-6,8-9H2,1H3,(H,20,21). The normalized spacial score (nSPS) is 22.9. The van der Waals surface area contributed by atoms with Crippen molar-refractivity contribution < 1.29 is 18.0 Å². The summed E-state index contributed by atoms with van der Waals surface area (Å²) in [5.74, 6) is 0.355. The second-order valence-electron chi connectivity index (χ2n) is 5.52. The Balaban J connectivity index is 1.97. The van der Waals surface area contributed by atoms with Crippen molar-refractivity contribution in [3.8, 4) is 0 Å². The Morgan fingerprint density at radius 2 is 2.19 bits per heavy atom. The van der Waals surface area contributed by atoms with Gasteiger partial charge in [-0.1, -0.05) is 13.0 Å². The molecule has 1 aromatic rings. The maximum atomic E-state index is 12.6. The summed E-state index contributed by atoms with van der Waals surface area (Å²) in [7, 11) is 0. The Hall–Kier alpha value is -1.56. The first-order valence-electron chi connectivity index (χ1n) is 7.04. The van der Waals surface area contributed by atoms with Gasteiger partial charge in [-0.3, -0.25) is 4.79 Å². The molecule has 1 saturated heterocycles. The first-order valence-corrected chi connectivity index (χ1v) is 7.04. The zero-order chi connectivity index (χ0) is 15.5. The molecule has 1 aliphatic rings. The van der Waals surface area contributed by atoms with Crippen LogP contribution in [0.4, 0.5) is 13.2 Å². The van der Waals surface area contributed by atoms with Gasteiger partial charge in [0.15, 0.2) is 0 Å². The molecule has 0 aromatic heterocycles. The molecule has 0 saturated carbocycles. The van der Waals surface area contributed by atoms with E-state index in [1.54, 1.807) is 0 Å². The van der Waals surface area contributed by atoms with Crippen LogP contribution < -0.4 is 10.6 Å². The number of amides is 1. The van der Waals surface area contributed by atoms with Crippen molar-refractivity contribution in [3.05, 3.63) is 35.4 Å². The highest BCUT2D eigenvalue weighted by molar-refractivity contribution is 5.94. The van der Waals surface area contributed by atoms with Gasteiger partial charge in [0, 0.05) is 12.1 Å². The second kappa shape index (κ2) is 6.47. The van der Waals surface area contributed by atoms with Gasteiger partial charge >= 0.3 is 6.18 Å². The second-order valence-corrected chi connectivity index (χ2v) is 5.52. The van der Waals surface area contributed by atoms with Gasteiger partial charge in [-0.2, -0.15) is 13.2 Å². The van der Waals surface area contributed by atoms with E-state index in [1.165, 1.54) is 12.1 Å². The molecule has 2 N–H and O–H groups in total. The lowest BCUT2D eigenvalue weighted by molar-refractivity contribution is -0.137.